The number of amides is 6. The quantitative estimate of drug-likeness (QED) is 0.0378. The standard InChI is InChI=1S/C60H114N6O9/c1-35(2)29-41(62-49(69)57(20,21)43(31-37(5)6)64-51(71)59(24,25)45(33-39(9)10)66-53(73)75-54(13,14)15)55(16,17)47(67)61-42(30-36(3)4)56(18,19)48(68)63-44(32-38(7)8)58(22,23)50(70)65-46(34-40(11)12)60(26,27)52(72)74-28/h35-46H,29-34H2,1-28H3,(H,61,67)(H,62,69)(H,63,68)(H,64,71)(H,65,70)(H,66,73)/t41-,42-,43-,44-,45-,46-/m0/s1. The Morgan fingerprint density at radius 3 is 0.640 bits per heavy atom. The van der Waals surface area contributed by atoms with Gasteiger partial charge in [0, 0.05) is 36.3 Å². The molecule has 6 N–H and O–H groups in total. The van der Waals surface area contributed by atoms with Crippen LogP contribution in [-0.4, -0.2) is 90.6 Å². The third kappa shape index (κ3) is 21.4. The molecule has 438 valence electrons. The number of carbonyl (C=O) groups is 7. The molecule has 0 aliphatic carbocycles. The number of alkyl carbamates (subject to hydrolysis) is 1. The van der Waals surface area contributed by atoms with E-state index in [1.165, 1.54) is 7.11 Å². The zero-order chi connectivity index (χ0) is 59.4. The summed E-state index contributed by atoms with van der Waals surface area (Å²) in [4.78, 5) is 99.7. The van der Waals surface area contributed by atoms with Gasteiger partial charge in [0.2, 0.25) is 29.5 Å². The summed E-state index contributed by atoms with van der Waals surface area (Å²) < 4.78 is 10.7. The largest absolute Gasteiger partial charge is 0.469 e. The lowest BCUT2D eigenvalue weighted by Crippen LogP contribution is -2.63. The molecule has 0 aliphatic heterocycles. The second kappa shape index (κ2) is 28.1. The van der Waals surface area contributed by atoms with Crippen molar-refractivity contribution in [2.75, 3.05) is 7.11 Å². The van der Waals surface area contributed by atoms with Crippen LogP contribution >= 0.6 is 0 Å². The molecule has 0 aromatic carbocycles. The van der Waals surface area contributed by atoms with Crippen LogP contribution in [0.5, 0.6) is 0 Å². The average molecular weight is 1060 g/mol. The van der Waals surface area contributed by atoms with E-state index in [2.05, 4.69) is 31.9 Å². The minimum Gasteiger partial charge on any atom is -0.469 e. The van der Waals surface area contributed by atoms with E-state index in [9.17, 15) is 33.6 Å². The number of ether oxygens (including phenoxy) is 2. The zero-order valence-electron chi connectivity index (χ0n) is 52.8. The molecule has 0 saturated carbocycles. The summed E-state index contributed by atoms with van der Waals surface area (Å²) in [6.07, 6.45) is 2.34. The Bertz CT molecular complexity index is 1890. The number of hydrogen-bond acceptors (Lipinski definition) is 9. The van der Waals surface area contributed by atoms with Gasteiger partial charge in [0.05, 0.1) is 39.6 Å². The van der Waals surface area contributed by atoms with Gasteiger partial charge in [0.1, 0.15) is 5.60 Å². The van der Waals surface area contributed by atoms with E-state index < -0.39 is 86.4 Å². The number of carbonyl (C=O) groups excluding carboxylic acids is 7. The zero-order valence-corrected chi connectivity index (χ0v) is 52.8. The lowest BCUT2D eigenvalue weighted by molar-refractivity contribution is -0.153. The van der Waals surface area contributed by atoms with Crippen LogP contribution in [-0.2, 0) is 38.2 Å². The first-order chi connectivity index (χ1) is 33.6. The molecule has 0 fully saturated rings. The van der Waals surface area contributed by atoms with Crippen molar-refractivity contribution < 1.29 is 43.0 Å². The van der Waals surface area contributed by atoms with Gasteiger partial charge in [-0.2, -0.15) is 0 Å². The fourth-order valence-electron chi connectivity index (χ4n) is 9.40. The van der Waals surface area contributed by atoms with E-state index in [0.717, 1.165) is 0 Å². The molecule has 75 heavy (non-hydrogen) atoms. The van der Waals surface area contributed by atoms with E-state index in [4.69, 9.17) is 9.47 Å². The summed E-state index contributed by atoms with van der Waals surface area (Å²) in [5.41, 5.74) is -7.47. The van der Waals surface area contributed by atoms with Crippen LogP contribution < -0.4 is 31.9 Å². The Morgan fingerprint density at radius 2 is 0.480 bits per heavy atom. The Balaban J connectivity index is 7.08. The Morgan fingerprint density at radius 1 is 0.307 bits per heavy atom. The van der Waals surface area contributed by atoms with Gasteiger partial charge in [-0.25, -0.2) is 4.79 Å². The van der Waals surface area contributed by atoms with Crippen LogP contribution in [0.3, 0.4) is 0 Å². The molecule has 6 atom stereocenters. The van der Waals surface area contributed by atoms with Crippen molar-refractivity contribution in [1.82, 2.24) is 31.9 Å². The summed E-state index contributed by atoms with van der Waals surface area (Å²) in [7, 11) is 1.34. The second-order valence-corrected chi connectivity index (χ2v) is 28.9. The fraction of sp³-hybridized carbons (Fsp3) is 0.883. The van der Waals surface area contributed by atoms with Crippen LogP contribution in [0.25, 0.3) is 0 Å². The van der Waals surface area contributed by atoms with Crippen molar-refractivity contribution in [2.24, 2.45) is 68.0 Å². The molecule has 0 radical (unpaired) electrons. The summed E-state index contributed by atoms with van der Waals surface area (Å²) in [5, 5.41) is 19.3. The first-order valence-electron chi connectivity index (χ1n) is 28.2. The molecule has 0 spiro atoms. The first kappa shape index (κ1) is 71.1. The van der Waals surface area contributed by atoms with Crippen LogP contribution in [0, 0.1) is 68.0 Å². The molecule has 0 bridgehead atoms. The van der Waals surface area contributed by atoms with E-state index in [1.54, 1.807) is 48.5 Å². The third-order valence-corrected chi connectivity index (χ3v) is 15.3. The first-order valence-corrected chi connectivity index (χ1v) is 28.2. The molecule has 0 aromatic rings. The number of methoxy groups -OCH3 is 1. The SMILES string of the molecule is COC(=O)C(C)(C)[C@H](CC(C)C)NC(=O)C(C)(C)[C@H](CC(C)C)NC(=O)C(C)(C)[C@H](CC(C)C)NC(=O)C(C)(C)[C@H](CC(C)C)NC(=O)C(C)(C)[C@H](CC(C)C)NC(=O)C(C)(C)[C@H](CC(C)C)NC(=O)OC(C)(C)C. The second-order valence-electron chi connectivity index (χ2n) is 28.9. The van der Waals surface area contributed by atoms with Crippen molar-refractivity contribution in [3.63, 3.8) is 0 Å². The molecule has 0 unspecified atom stereocenters. The molecule has 0 aliphatic rings. The van der Waals surface area contributed by atoms with Crippen LogP contribution in [0.1, 0.15) is 225 Å². The van der Waals surface area contributed by atoms with E-state index in [-0.39, 0.29) is 65.0 Å². The topological polar surface area (TPSA) is 210 Å². The number of rotatable bonds is 30. The van der Waals surface area contributed by atoms with Gasteiger partial charge >= 0.3 is 12.1 Å². The highest BCUT2D eigenvalue weighted by atomic mass is 16.6. The lowest BCUT2D eigenvalue weighted by atomic mass is 9.73. The minimum atomic E-state index is -1.18. The van der Waals surface area contributed by atoms with Crippen molar-refractivity contribution in [3.05, 3.63) is 0 Å². The maximum Gasteiger partial charge on any atom is 0.407 e. The predicted octanol–water partition coefficient (Wildman–Crippen LogP) is 10.9. The van der Waals surface area contributed by atoms with E-state index in [1.807, 2.05) is 138 Å². The smallest absolute Gasteiger partial charge is 0.407 e. The van der Waals surface area contributed by atoms with Crippen molar-refractivity contribution >= 4 is 41.6 Å². The maximum atomic E-state index is 15.0. The van der Waals surface area contributed by atoms with Crippen LogP contribution in [0.2, 0.25) is 0 Å². The summed E-state index contributed by atoms with van der Waals surface area (Å²) >= 11 is 0. The molecule has 15 heteroatoms. The summed E-state index contributed by atoms with van der Waals surface area (Å²) in [5.74, 6) is -1.34. The maximum absolute atomic E-state index is 15.0. The van der Waals surface area contributed by atoms with E-state index in [0.29, 0.717) is 38.5 Å². The van der Waals surface area contributed by atoms with Gasteiger partial charge in [-0.15, -0.1) is 0 Å². The fourth-order valence-corrected chi connectivity index (χ4v) is 9.40. The molecule has 0 heterocycles. The van der Waals surface area contributed by atoms with Gasteiger partial charge in [-0.1, -0.05) is 83.1 Å². The number of hydrogen-bond donors (Lipinski definition) is 6. The number of nitrogens with one attached hydrogen (secondary N) is 6. The van der Waals surface area contributed by atoms with Gasteiger partial charge in [0.25, 0.3) is 0 Å². The monoisotopic (exact) mass is 1060 g/mol. The third-order valence-electron chi connectivity index (χ3n) is 15.3. The molecule has 15 nitrogen and oxygen atoms in total. The Labute approximate surface area is 457 Å². The predicted molar refractivity (Wildman–Crippen MR) is 304 cm³/mol. The lowest BCUT2D eigenvalue weighted by Gasteiger charge is -2.43. The highest BCUT2D eigenvalue weighted by Crippen LogP contribution is 2.37. The highest BCUT2D eigenvalue weighted by Gasteiger charge is 2.50. The summed E-state index contributed by atoms with van der Waals surface area (Å²) in [6.45, 7) is 51.5. The highest BCUT2D eigenvalue weighted by molar-refractivity contribution is 5.90. The molecular weight excluding hydrogens is 949 g/mol. The Kier molecular flexibility index (Phi) is 26.6. The van der Waals surface area contributed by atoms with Gasteiger partial charge in [-0.05, 0) is 178 Å². The summed E-state index contributed by atoms with van der Waals surface area (Å²) in [6, 6.07) is -3.65. The van der Waals surface area contributed by atoms with Gasteiger partial charge < -0.3 is 41.4 Å². The van der Waals surface area contributed by atoms with Gasteiger partial charge in [0.15, 0.2) is 0 Å². The molecule has 6 amide bonds. The average Bonchev–Trinajstić information content (AvgIpc) is 3.22. The van der Waals surface area contributed by atoms with Crippen molar-refractivity contribution in [3.8, 4) is 0 Å². The molecule has 0 saturated heterocycles. The minimum absolute atomic E-state index is 0.0760. The molecule has 0 rings (SSSR count). The Hall–Kier alpha value is -3.91. The van der Waals surface area contributed by atoms with Crippen LogP contribution in [0.4, 0.5) is 4.79 Å². The van der Waals surface area contributed by atoms with Crippen molar-refractivity contribution in [1.29, 1.82) is 0 Å². The van der Waals surface area contributed by atoms with E-state index >= 15 is 0 Å². The molecular formula is C60H114N6O9. The molecule has 0 aromatic heterocycles. The van der Waals surface area contributed by atoms with Crippen LogP contribution in [0.15, 0.2) is 0 Å². The van der Waals surface area contributed by atoms with Crippen molar-refractivity contribution in [2.45, 2.75) is 267 Å². The number of esters is 1. The van der Waals surface area contributed by atoms with Gasteiger partial charge in [-0.3, -0.25) is 28.8 Å². The normalized spacial score (nSPS) is 15.8.